The third-order valence-corrected chi connectivity index (χ3v) is 5.58. The molecule has 4 heteroatoms. The maximum atomic E-state index is 12.7. The molecule has 0 aromatic heterocycles. The molecule has 0 aliphatic carbocycles. The van der Waals surface area contributed by atoms with Crippen LogP contribution in [0.2, 0.25) is 0 Å². The number of carbonyl (C=O) groups excluding carboxylic acids is 1. The number of nitrogens with zero attached hydrogens (tertiary/aromatic N) is 2. The van der Waals surface area contributed by atoms with Gasteiger partial charge < -0.3 is 15.1 Å². The molecule has 0 aromatic carbocycles. The lowest BCUT2D eigenvalue weighted by Gasteiger charge is -2.46. The Balaban J connectivity index is 1.59. The van der Waals surface area contributed by atoms with E-state index >= 15 is 0 Å². The van der Waals surface area contributed by atoms with Crippen molar-refractivity contribution in [2.75, 3.05) is 39.8 Å². The molecule has 0 aromatic rings. The zero-order valence-corrected chi connectivity index (χ0v) is 13.0. The smallest absolute Gasteiger partial charge is 0.226 e. The van der Waals surface area contributed by atoms with Crippen molar-refractivity contribution in [1.82, 2.24) is 15.1 Å². The second-order valence-electron chi connectivity index (χ2n) is 7.22. The van der Waals surface area contributed by atoms with Crippen LogP contribution in [0.5, 0.6) is 0 Å². The Labute approximate surface area is 122 Å². The number of rotatable bonds is 1. The topological polar surface area (TPSA) is 35.6 Å². The zero-order chi connectivity index (χ0) is 14.1. The normalized spacial score (nSPS) is 39.4. The number of likely N-dealkylation sites (tertiary alicyclic amines) is 2. The Hall–Kier alpha value is -0.610. The zero-order valence-electron chi connectivity index (χ0n) is 13.0. The summed E-state index contributed by atoms with van der Waals surface area (Å²) in [5, 5.41) is 3.41. The lowest BCUT2D eigenvalue weighted by Crippen LogP contribution is -2.56. The molecule has 4 atom stereocenters. The van der Waals surface area contributed by atoms with Crippen LogP contribution in [-0.4, -0.2) is 61.5 Å². The SMILES string of the molecule is CC1CNCC(C(=O)N2CCC3C(CCCN3C)C2)C1. The monoisotopic (exact) mass is 279 g/mol. The van der Waals surface area contributed by atoms with E-state index in [1.165, 1.54) is 25.8 Å². The summed E-state index contributed by atoms with van der Waals surface area (Å²) in [6.45, 7) is 7.40. The summed E-state index contributed by atoms with van der Waals surface area (Å²) in [7, 11) is 2.25. The minimum atomic E-state index is 0.219. The highest BCUT2D eigenvalue weighted by Gasteiger charge is 2.37. The molecule has 3 rings (SSSR count). The van der Waals surface area contributed by atoms with E-state index in [4.69, 9.17) is 0 Å². The molecule has 0 saturated carbocycles. The molecule has 0 radical (unpaired) electrons. The number of carbonyl (C=O) groups is 1. The first-order valence-electron chi connectivity index (χ1n) is 8.35. The minimum Gasteiger partial charge on any atom is -0.342 e. The van der Waals surface area contributed by atoms with E-state index < -0.39 is 0 Å². The van der Waals surface area contributed by atoms with Gasteiger partial charge in [0.15, 0.2) is 0 Å². The third-order valence-electron chi connectivity index (χ3n) is 5.58. The van der Waals surface area contributed by atoms with E-state index in [1.54, 1.807) is 0 Å². The van der Waals surface area contributed by atoms with Crippen LogP contribution in [0, 0.1) is 17.8 Å². The van der Waals surface area contributed by atoms with Gasteiger partial charge in [0.2, 0.25) is 5.91 Å². The fourth-order valence-electron chi connectivity index (χ4n) is 4.46. The summed E-state index contributed by atoms with van der Waals surface area (Å²) >= 11 is 0. The molecular weight excluding hydrogens is 250 g/mol. The van der Waals surface area contributed by atoms with Crippen molar-refractivity contribution in [3.63, 3.8) is 0 Å². The van der Waals surface area contributed by atoms with Gasteiger partial charge in [0.25, 0.3) is 0 Å². The van der Waals surface area contributed by atoms with Gasteiger partial charge in [-0.3, -0.25) is 4.79 Å². The minimum absolute atomic E-state index is 0.219. The van der Waals surface area contributed by atoms with E-state index in [9.17, 15) is 4.79 Å². The molecule has 0 spiro atoms. The Morgan fingerprint density at radius 2 is 2.05 bits per heavy atom. The summed E-state index contributed by atoms with van der Waals surface area (Å²) in [5.74, 6) is 1.98. The van der Waals surface area contributed by atoms with E-state index in [0.717, 1.165) is 38.6 Å². The van der Waals surface area contributed by atoms with Gasteiger partial charge in [0, 0.05) is 25.7 Å². The molecule has 3 saturated heterocycles. The van der Waals surface area contributed by atoms with Crippen LogP contribution in [0.25, 0.3) is 0 Å². The predicted octanol–water partition coefficient (Wildman–Crippen LogP) is 1.17. The van der Waals surface area contributed by atoms with Gasteiger partial charge in [-0.25, -0.2) is 0 Å². The van der Waals surface area contributed by atoms with E-state index in [-0.39, 0.29) is 5.92 Å². The molecule has 114 valence electrons. The maximum Gasteiger partial charge on any atom is 0.226 e. The first kappa shape index (κ1) is 14.3. The van der Waals surface area contributed by atoms with Gasteiger partial charge in [0.1, 0.15) is 0 Å². The fraction of sp³-hybridized carbons (Fsp3) is 0.938. The van der Waals surface area contributed by atoms with Crippen LogP contribution in [0.4, 0.5) is 0 Å². The van der Waals surface area contributed by atoms with E-state index in [2.05, 4.69) is 29.1 Å². The summed E-state index contributed by atoms with van der Waals surface area (Å²) < 4.78 is 0. The molecule has 0 bridgehead atoms. The van der Waals surface area contributed by atoms with Crippen molar-refractivity contribution in [3.05, 3.63) is 0 Å². The summed E-state index contributed by atoms with van der Waals surface area (Å²) in [4.78, 5) is 17.4. The average molecular weight is 279 g/mol. The van der Waals surface area contributed by atoms with Crippen molar-refractivity contribution < 1.29 is 4.79 Å². The molecule has 20 heavy (non-hydrogen) atoms. The predicted molar refractivity (Wildman–Crippen MR) is 80.5 cm³/mol. The highest BCUT2D eigenvalue weighted by molar-refractivity contribution is 5.79. The Kier molecular flexibility index (Phi) is 4.32. The number of nitrogens with one attached hydrogen (secondary N) is 1. The standard InChI is InChI=1S/C16H29N3O/c1-12-8-14(10-17-9-12)16(20)19-7-5-15-13(11-19)4-3-6-18(15)2/h12-15,17H,3-11H2,1-2H3. The second-order valence-corrected chi connectivity index (χ2v) is 7.22. The Morgan fingerprint density at radius 1 is 1.20 bits per heavy atom. The molecule has 3 fully saturated rings. The Bertz CT molecular complexity index is 360. The molecule has 3 heterocycles. The summed E-state index contributed by atoms with van der Waals surface area (Å²) in [5.41, 5.74) is 0. The summed E-state index contributed by atoms with van der Waals surface area (Å²) in [6.07, 6.45) is 4.83. The highest BCUT2D eigenvalue weighted by Crippen LogP contribution is 2.30. The van der Waals surface area contributed by atoms with Gasteiger partial charge in [-0.2, -0.15) is 0 Å². The number of piperidine rings is 3. The van der Waals surface area contributed by atoms with Crippen molar-refractivity contribution in [1.29, 1.82) is 0 Å². The second kappa shape index (κ2) is 6.02. The highest BCUT2D eigenvalue weighted by atomic mass is 16.2. The van der Waals surface area contributed by atoms with Gasteiger partial charge in [-0.1, -0.05) is 6.92 Å². The van der Waals surface area contributed by atoms with Crippen LogP contribution in [-0.2, 0) is 4.79 Å². The van der Waals surface area contributed by atoms with Crippen molar-refractivity contribution >= 4 is 5.91 Å². The number of hydrogen-bond acceptors (Lipinski definition) is 3. The molecule has 3 aliphatic rings. The van der Waals surface area contributed by atoms with Gasteiger partial charge in [-0.15, -0.1) is 0 Å². The lowest BCUT2D eigenvalue weighted by atomic mass is 9.83. The summed E-state index contributed by atoms with van der Waals surface area (Å²) in [6, 6.07) is 0.719. The number of amides is 1. The van der Waals surface area contributed by atoms with Crippen molar-refractivity contribution in [3.8, 4) is 0 Å². The molecule has 3 aliphatic heterocycles. The van der Waals surface area contributed by atoms with Crippen LogP contribution in [0.1, 0.15) is 32.6 Å². The first-order valence-corrected chi connectivity index (χ1v) is 8.35. The molecule has 1 amide bonds. The van der Waals surface area contributed by atoms with Crippen molar-refractivity contribution in [2.45, 2.75) is 38.6 Å². The van der Waals surface area contributed by atoms with Gasteiger partial charge in [-0.05, 0) is 57.7 Å². The van der Waals surface area contributed by atoms with Crippen LogP contribution >= 0.6 is 0 Å². The quantitative estimate of drug-likeness (QED) is 0.783. The third kappa shape index (κ3) is 2.86. The molecule has 4 nitrogen and oxygen atoms in total. The Morgan fingerprint density at radius 3 is 2.85 bits per heavy atom. The lowest BCUT2D eigenvalue weighted by molar-refractivity contribution is -0.140. The van der Waals surface area contributed by atoms with Gasteiger partial charge in [0.05, 0.1) is 5.92 Å². The van der Waals surface area contributed by atoms with Crippen molar-refractivity contribution in [2.24, 2.45) is 17.8 Å². The van der Waals surface area contributed by atoms with Crippen LogP contribution < -0.4 is 5.32 Å². The van der Waals surface area contributed by atoms with E-state index in [1.807, 2.05) is 0 Å². The molecule has 4 unspecified atom stereocenters. The largest absolute Gasteiger partial charge is 0.342 e. The van der Waals surface area contributed by atoms with Gasteiger partial charge >= 0.3 is 0 Å². The number of fused-ring (bicyclic) bond motifs is 1. The first-order chi connectivity index (χ1) is 9.65. The van der Waals surface area contributed by atoms with E-state index in [0.29, 0.717) is 17.7 Å². The fourth-order valence-corrected chi connectivity index (χ4v) is 4.46. The average Bonchev–Trinajstić information content (AvgIpc) is 2.46. The number of hydrogen-bond donors (Lipinski definition) is 1. The maximum absolute atomic E-state index is 12.7. The molecule has 1 N–H and O–H groups in total. The van der Waals surface area contributed by atoms with Crippen LogP contribution in [0.15, 0.2) is 0 Å². The molecular formula is C16H29N3O. The van der Waals surface area contributed by atoms with Crippen LogP contribution in [0.3, 0.4) is 0 Å².